The van der Waals surface area contributed by atoms with Crippen LogP contribution in [0.5, 0.6) is 0 Å². The number of alkyl halides is 8. The minimum Gasteiger partial charge on any atom is -0.395 e. The molecular formula is C8H6F8O10S2. The van der Waals surface area contributed by atoms with Gasteiger partial charge in [0.1, 0.15) is 0 Å². The van der Waals surface area contributed by atoms with Crippen molar-refractivity contribution >= 4 is 32.2 Å². The highest BCUT2D eigenvalue weighted by atomic mass is 32.2. The van der Waals surface area contributed by atoms with Gasteiger partial charge in [0.15, 0.2) is 0 Å². The number of halogens is 8. The van der Waals surface area contributed by atoms with Crippen LogP contribution in [-0.4, -0.2) is 60.6 Å². The maximum Gasteiger partial charge on any atom is 0.485 e. The van der Waals surface area contributed by atoms with Crippen molar-refractivity contribution < 1.29 is 80.1 Å². The van der Waals surface area contributed by atoms with Crippen molar-refractivity contribution in [2.45, 2.75) is 35.6 Å². The summed E-state index contributed by atoms with van der Waals surface area (Å²) in [6.45, 7) is 0. The smallest absolute Gasteiger partial charge is 0.395 e. The molecule has 0 aromatic carbocycles. The van der Waals surface area contributed by atoms with Gasteiger partial charge in [-0.25, -0.2) is 0 Å². The Kier molecular flexibility index (Phi) is 7.07. The molecular weight excluding hydrogens is 472 g/mol. The van der Waals surface area contributed by atoms with Crippen LogP contribution < -0.4 is 0 Å². The van der Waals surface area contributed by atoms with Crippen molar-refractivity contribution in [2.24, 2.45) is 0 Å². The van der Waals surface area contributed by atoms with Gasteiger partial charge in [-0.2, -0.15) is 52.0 Å². The van der Waals surface area contributed by atoms with E-state index in [1.54, 1.807) is 0 Å². The van der Waals surface area contributed by atoms with Gasteiger partial charge in [0.05, 0.1) is 12.8 Å². The molecule has 0 unspecified atom stereocenters. The Morgan fingerprint density at radius 1 is 0.643 bits per heavy atom. The zero-order chi connectivity index (χ0) is 23.0. The highest BCUT2D eigenvalue weighted by Gasteiger charge is 2.70. The topological polar surface area (TPSA) is 161 Å². The summed E-state index contributed by atoms with van der Waals surface area (Å²) >= 11 is 0. The first kappa shape index (κ1) is 26.2. The Morgan fingerprint density at radius 2 is 0.857 bits per heavy atom. The SMILES string of the molecule is O=C(CCC(=O)OC(F)(F)C(F)(F)S(=O)(=O)O)OC(F)(F)C(F)(F)S(=O)(=O)O. The summed E-state index contributed by atoms with van der Waals surface area (Å²) in [6.07, 6.45) is -16.1. The number of rotatable bonds is 9. The number of ether oxygens (including phenoxy) is 2. The maximum absolute atomic E-state index is 12.9. The second-order valence-corrected chi connectivity index (χ2v) is 7.39. The molecule has 10 nitrogen and oxygen atoms in total. The van der Waals surface area contributed by atoms with Crippen molar-refractivity contribution in [3.63, 3.8) is 0 Å². The van der Waals surface area contributed by atoms with Gasteiger partial charge in [-0.15, -0.1) is 0 Å². The minimum atomic E-state index is -6.81. The van der Waals surface area contributed by atoms with E-state index in [1.165, 1.54) is 0 Å². The highest BCUT2D eigenvalue weighted by molar-refractivity contribution is 7.87. The fourth-order valence-electron chi connectivity index (χ4n) is 1.01. The molecule has 0 atom stereocenters. The van der Waals surface area contributed by atoms with Gasteiger partial charge in [0.2, 0.25) is 0 Å². The van der Waals surface area contributed by atoms with Crippen LogP contribution in [-0.2, 0) is 39.3 Å². The van der Waals surface area contributed by atoms with E-state index in [0.29, 0.717) is 0 Å². The molecule has 0 saturated heterocycles. The van der Waals surface area contributed by atoms with Crippen LogP contribution >= 0.6 is 0 Å². The molecule has 0 aliphatic rings. The normalized spacial score (nSPS) is 14.5. The van der Waals surface area contributed by atoms with E-state index in [1.807, 2.05) is 0 Å². The lowest BCUT2D eigenvalue weighted by Crippen LogP contribution is -2.50. The largest absolute Gasteiger partial charge is 0.485 e. The van der Waals surface area contributed by atoms with Gasteiger partial charge in [0, 0.05) is 0 Å². The summed E-state index contributed by atoms with van der Waals surface area (Å²) < 4.78 is 164. The van der Waals surface area contributed by atoms with Crippen LogP contribution in [0.3, 0.4) is 0 Å². The van der Waals surface area contributed by atoms with Gasteiger partial charge in [0.25, 0.3) is 0 Å². The van der Waals surface area contributed by atoms with E-state index in [-0.39, 0.29) is 0 Å². The van der Waals surface area contributed by atoms with Crippen LogP contribution in [0.25, 0.3) is 0 Å². The summed E-state index contributed by atoms with van der Waals surface area (Å²) in [6, 6.07) is 0. The molecule has 0 aromatic heterocycles. The van der Waals surface area contributed by atoms with Gasteiger partial charge in [-0.3, -0.25) is 18.7 Å². The Labute approximate surface area is 148 Å². The Hall–Kier alpha value is -1.80. The third-order valence-electron chi connectivity index (χ3n) is 2.34. The van der Waals surface area contributed by atoms with Crippen LogP contribution in [0.2, 0.25) is 0 Å². The first-order valence-corrected chi connectivity index (χ1v) is 8.76. The molecule has 0 saturated carbocycles. The maximum atomic E-state index is 12.9. The predicted molar refractivity (Wildman–Crippen MR) is 64.3 cm³/mol. The molecule has 0 aliphatic heterocycles. The standard InChI is InChI=1S/C8H6F8O10S2/c9-5(10,7(13,14)27(19,20)21)25-3(17)1-2-4(18)26-6(11,12)8(15,16)28(22,23)24/h1-2H2,(H,19,20,21)(H,22,23,24). The van der Waals surface area contributed by atoms with Crippen LogP contribution in [0, 0.1) is 0 Å². The van der Waals surface area contributed by atoms with E-state index in [2.05, 4.69) is 9.47 Å². The Bertz CT molecular complexity index is 763. The molecule has 0 aromatic rings. The van der Waals surface area contributed by atoms with Crippen molar-refractivity contribution in [3.8, 4) is 0 Å². The molecule has 0 bridgehead atoms. The summed E-state index contributed by atoms with van der Waals surface area (Å²) in [5.41, 5.74) is 0. The molecule has 0 spiro atoms. The van der Waals surface area contributed by atoms with Crippen molar-refractivity contribution in [2.75, 3.05) is 0 Å². The zero-order valence-corrected chi connectivity index (χ0v) is 14.0. The average Bonchev–Trinajstić information content (AvgIpc) is 2.41. The fourth-order valence-corrected chi connectivity index (χ4v) is 1.70. The van der Waals surface area contributed by atoms with Crippen LogP contribution in [0.4, 0.5) is 35.1 Å². The molecule has 2 N–H and O–H groups in total. The van der Waals surface area contributed by atoms with Gasteiger partial charge in [-0.1, -0.05) is 0 Å². The van der Waals surface area contributed by atoms with Crippen molar-refractivity contribution in [3.05, 3.63) is 0 Å². The fraction of sp³-hybridized carbons (Fsp3) is 0.750. The quantitative estimate of drug-likeness (QED) is 0.278. The van der Waals surface area contributed by atoms with Gasteiger partial charge in [-0.05, 0) is 0 Å². The zero-order valence-electron chi connectivity index (χ0n) is 12.4. The minimum absolute atomic E-state index is 1.86. The van der Waals surface area contributed by atoms with Crippen molar-refractivity contribution in [1.82, 2.24) is 0 Å². The summed E-state index contributed by atoms with van der Waals surface area (Å²) in [5, 5.41) is -12.7. The van der Waals surface area contributed by atoms with Gasteiger partial charge < -0.3 is 9.47 Å². The van der Waals surface area contributed by atoms with Crippen LogP contribution in [0.1, 0.15) is 12.8 Å². The monoisotopic (exact) mass is 478 g/mol. The predicted octanol–water partition coefficient (Wildman–Crippen LogP) is 1.000. The number of esters is 2. The molecule has 0 aliphatic carbocycles. The lowest BCUT2D eigenvalue weighted by atomic mass is 10.3. The third kappa shape index (κ3) is 5.38. The average molecular weight is 478 g/mol. The summed E-state index contributed by atoms with van der Waals surface area (Å²) in [4.78, 5) is 21.7. The second kappa shape index (κ2) is 7.55. The Morgan fingerprint density at radius 3 is 1.04 bits per heavy atom. The second-order valence-electron chi connectivity index (χ2n) is 4.47. The highest BCUT2D eigenvalue weighted by Crippen LogP contribution is 2.40. The molecule has 0 fully saturated rings. The molecule has 20 heteroatoms. The van der Waals surface area contributed by atoms with Crippen molar-refractivity contribution in [1.29, 1.82) is 0 Å². The van der Waals surface area contributed by atoms with E-state index in [9.17, 15) is 61.5 Å². The lowest BCUT2D eigenvalue weighted by molar-refractivity contribution is -0.305. The Balaban J connectivity index is 5.06. The molecule has 0 heterocycles. The molecule has 0 amide bonds. The van der Waals surface area contributed by atoms with E-state index >= 15 is 0 Å². The summed E-state index contributed by atoms with van der Waals surface area (Å²) in [5.74, 6) is -5.15. The first-order chi connectivity index (χ1) is 12.0. The number of carbonyl (C=O) groups excluding carboxylic acids is 2. The number of hydrogen-bond acceptors (Lipinski definition) is 8. The molecule has 28 heavy (non-hydrogen) atoms. The van der Waals surface area contributed by atoms with Crippen LogP contribution in [0.15, 0.2) is 0 Å². The molecule has 0 radical (unpaired) electrons. The molecule has 0 rings (SSSR count). The first-order valence-electron chi connectivity index (χ1n) is 5.88. The van der Waals surface area contributed by atoms with E-state index in [4.69, 9.17) is 9.11 Å². The number of hydrogen-bond donors (Lipinski definition) is 2. The van der Waals surface area contributed by atoms with E-state index in [0.717, 1.165) is 0 Å². The van der Waals surface area contributed by atoms with E-state index < -0.39 is 67.7 Å². The van der Waals surface area contributed by atoms with Gasteiger partial charge >= 0.3 is 54.9 Å². The lowest BCUT2D eigenvalue weighted by Gasteiger charge is -2.23. The third-order valence-corrected chi connectivity index (χ3v) is 4.11. The number of carbonyl (C=O) groups is 2. The molecule has 166 valence electrons. The summed E-state index contributed by atoms with van der Waals surface area (Å²) in [7, 11) is -13.6.